The quantitative estimate of drug-likeness (QED) is 0.433. The fourth-order valence-electron chi connectivity index (χ4n) is 3.68. The van der Waals surface area contributed by atoms with Gasteiger partial charge in [-0.2, -0.15) is 5.10 Å². The topological polar surface area (TPSA) is 77.1 Å². The highest BCUT2D eigenvalue weighted by atomic mass is 16.5. The van der Waals surface area contributed by atoms with Crippen LogP contribution in [0.5, 0.6) is 11.5 Å². The summed E-state index contributed by atoms with van der Waals surface area (Å²) < 4.78 is 10.6. The zero-order chi connectivity index (χ0) is 22.0. The number of methoxy groups -OCH3 is 2. The Kier molecular flexibility index (Phi) is 5.71. The Balaban J connectivity index is 1.65. The standard InChI is InChI=1S/C25H25N3O3/c1-5-22-20-8-9-23(26-25(20)28-27-22)21-10-16(7-6-15(21)2)11-24(29)17-12-18(30-3)14-19(13-17)31-4/h6-10,12-14H,5,11H2,1-4H3,(H,26,27,28). The number of hydrogen-bond donors (Lipinski definition) is 1. The molecular formula is C25H25N3O3. The molecule has 6 heteroatoms. The molecule has 0 fully saturated rings. The summed E-state index contributed by atoms with van der Waals surface area (Å²) in [5, 5.41) is 8.43. The summed E-state index contributed by atoms with van der Waals surface area (Å²) in [6, 6.07) is 15.3. The van der Waals surface area contributed by atoms with Gasteiger partial charge >= 0.3 is 0 Å². The van der Waals surface area contributed by atoms with Crippen molar-refractivity contribution in [3.05, 3.63) is 70.9 Å². The largest absolute Gasteiger partial charge is 0.497 e. The number of rotatable bonds is 7. The van der Waals surface area contributed by atoms with Crippen molar-refractivity contribution in [1.29, 1.82) is 0 Å². The predicted octanol–water partition coefficient (Wildman–Crippen LogP) is 4.94. The van der Waals surface area contributed by atoms with Crippen LogP contribution in [0.2, 0.25) is 0 Å². The van der Waals surface area contributed by atoms with Gasteiger partial charge in [-0.3, -0.25) is 9.89 Å². The highest BCUT2D eigenvalue weighted by Crippen LogP contribution is 2.27. The molecule has 2 aromatic carbocycles. The molecule has 0 aliphatic heterocycles. The zero-order valence-corrected chi connectivity index (χ0v) is 18.2. The number of carbonyl (C=O) groups is 1. The van der Waals surface area contributed by atoms with Gasteiger partial charge < -0.3 is 9.47 Å². The van der Waals surface area contributed by atoms with Gasteiger partial charge in [0.1, 0.15) is 11.5 Å². The molecule has 0 amide bonds. The maximum Gasteiger partial charge on any atom is 0.181 e. The molecule has 31 heavy (non-hydrogen) atoms. The van der Waals surface area contributed by atoms with Crippen molar-refractivity contribution in [3.8, 4) is 22.8 Å². The maximum atomic E-state index is 13.0. The number of fused-ring (bicyclic) bond motifs is 1. The van der Waals surface area contributed by atoms with E-state index in [1.807, 2.05) is 31.2 Å². The van der Waals surface area contributed by atoms with Crippen LogP contribution >= 0.6 is 0 Å². The van der Waals surface area contributed by atoms with E-state index in [9.17, 15) is 4.79 Å². The van der Waals surface area contributed by atoms with E-state index >= 15 is 0 Å². The molecule has 0 saturated carbocycles. The number of benzene rings is 2. The number of hydrogen-bond acceptors (Lipinski definition) is 5. The minimum atomic E-state index is -0.00435. The molecule has 4 rings (SSSR count). The fraction of sp³-hybridized carbons (Fsp3) is 0.240. The van der Waals surface area contributed by atoms with Crippen LogP contribution < -0.4 is 9.47 Å². The molecule has 0 aliphatic rings. The Morgan fingerprint density at radius 2 is 1.74 bits per heavy atom. The summed E-state index contributed by atoms with van der Waals surface area (Å²) >= 11 is 0. The summed E-state index contributed by atoms with van der Waals surface area (Å²) in [6.45, 7) is 4.13. The van der Waals surface area contributed by atoms with Gasteiger partial charge in [0.2, 0.25) is 0 Å². The minimum absolute atomic E-state index is 0.00435. The molecule has 6 nitrogen and oxygen atoms in total. The summed E-state index contributed by atoms with van der Waals surface area (Å²) in [5.74, 6) is 1.18. The van der Waals surface area contributed by atoms with Gasteiger partial charge in [0.25, 0.3) is 0 Å². The first kappa shape index (κ1) is 20.6. The number of Topliss-reactive ketones (excluding diaryl/α,β-unsaturated/α-hetero) is 1. The third kappa shape index (κ3) is 4.14. The van der Waals surface area contributed by atoms with Crippen LogP contribution in [-0.4, -0.2) is 35.2 Å². The van der Waals surface area contributed by atoms with Crippen LogP contribution in [-0.2, 0) is 12.8 Å². The van der Waals surface area contributed by atoms with Gasteiger partial charge in [-0.25, -0.2) is 4.98 Å². The van der Waals surface area contributed by atoms with Crippen molar-refractivity contribution < 1.29 is 14.3 Å². The van der Waals surface area contributed by atoms with E-state index in [0.717, 1.165) is 39.9 Å². The molecule has 0 radical (unpaired) electrons. The lowest BCUT2D eigenvalue weighted by molar-refractivity contribution is 0.0992. The Labute approximate surface area is 181 Å². The number of nitrogens with one attached hydrogen (secondary N) is 1. The van der Waals surface area contributed by atoms with E-state index < -0.39 is 0 Å². The SMILES string of the molecule is CCc1[nH]nc2nc(-c3cc(CC(=O)c4cc(OC)cc(OC)c4)ccc3C)ccc12. The van der Waals surface area contributed by atoms with Crippen molar-refractivity contribution in [1.82, 2.24) is 15.2 Å². The molecule has 0 aliphatic carbocycles. The van der Waals surface area contributed by atoms with Crippen molar-refractivity contribution in [2.45, 2.75) is 26.7 Å². The Hall–Kier alpha value is -3.67. The number of aromatic amines is 1. The van der Waals surface area contributed by atoms with Crippen LogP contribution in [0.1, 0.15) is 34.1 Å². The highest BCUT2D eigenvalue weighted by molar-refractivity contribution is 5.98. The third-order valence-corrected chi connectivity index (χ3v) is 5.47. The summed E-state index contributed by atoms with van der Waals surface area (Å²) in [6.07, 6.45) is 1.15. The van der Waals surface area contributed by atoms with Gasteiger partial charge in [0.15, 0.2) is 11.4 Å². The van der Waals surface area contributed by atoms with Crippen molar-refractivity contribution in [2.75, 3.05) is 14.2 Å². The molecule has 4 aromatic rings. The first-order valence-electron chi connectivity index (χ1n) is 10.2. The lowest BCUT2D eigenvalue weighted by Crippen LogP contribution is -2.05. The molecule has 0 bridgehead atoms. The Morgan fingerprint density at radius 3 is 2.42 bits per heavy atom. The lowest BCUT2D eigenvalue weighted by Gasteiger charge is -2.10. The first-order valence-corrected chi connectivity index (χ1v) is 10.2. The molecule has 158 valence electrons. The average molecular weight is 415 g/mol. The maximum absolute atomic E-state index is 13.0. The number of pyridine rings is 1. The average Bonchev–Trinajstić information content (AvgIpc) is 3.22. The van der Waals surface area contributed by atoms with Crippen LogP contribution in [0, 0.1) is 6.92 Å². The second-order valence-electron chi connectivity index (χ2n) is 7.47. The van der Waals surface area contributed by atoms with E-state index in [0.29, 0.717) is 22.7 Å². The van der Waals surface area contributed by atoms with Crippen molar-refractivity contribution >= 4 is 16.8 Å². The minimum Gasteiger partial charge on any atom is -0.497 e. The molecule has 0 atom stereocenters. The normalized spacial score (nSPS) is 11.0. The van der Waals surface area contributed by atoms with Crippen molar-refractivity contribution in [2.24, 2.45) is 0 Å². The van der Waals surface area contributed by atoms with Gasteiger partial charge in [-0.05, 0) is 54.8 Å². The van der Waals surface area contributed by atoms with Crippen LogP contribution in [0.4, 0.5) is 0 Å². The van der Waals surface area contributed by atoms with E-state index in [4.69, 9.17) is 14.5 Å². The van der Waals surface area contributed by atoms with E-state index in [2.05, 4.69) is 23.2 Å². The Bertz CT molecular complexity index is 1240. The molecule has 0 saturated heterocycles. The number of H-pyrrole nitrogens is 1. The lowest BCUT2D eigenvalue weighted by atomic mass is 9.97. The molecule has 0 unspecified atom stereocenters. The number of ketones is 1. The van der Waals surface area contributed by atoms with E-state index in [1.165, 1.54) is 0 Å². The number of nitrogens with zero attached hydrogens (tertiary/aromatic N) is 2. The summed E-state index contributed by atoms with van der Waals surface area (Å²) in [4.78, 5) is 17.7. The summed E-state index contributed by atoms with van der Waals surface area (Å²) in [7, 11) is 3.14. The molecule has 0 spiro atoms. The second kappa shape index (κ2) is 8.60. The first-order chi connectivity index (χ1) is 15.0. The zero-order valence-electron chi connectivity index (χ0n) is 18.2. The highest BCUT2D eigenvalue weighted by Gasteiger charge is 2.14. The molecular weight excluding hydrogens is 390 g/mol. The smallest absolute Gasteiger partial charge is 0.181 e. The van der Waals surface area contributed by atoms with Gasteiger partial charge in [0.05, 0.1) is 19.9 Å². The second-order valence-corrected chi connectivity index (χ2v) is 7.47. The number of carbonyl (C=O) groups excluding carboxylic acids is 1. The number of aromatic nitrogens is 3. The molecule has 2 heterocycles. The molecule has 1 N–H and O–H groups in total. The monoisotopic (exact) mass is 415 g/mol. The Morgan fingerprint density at radius 1 is 1.00 bits per heavy atom. The van der Waals surface area contributed by atoms with Crippen LogP contribution in [0.15, 0.2) is 48.5 Å². The number of ether oxygens (including phenoxy) is 2. The van der Waals surface area contributed by atoms with Gasteiger partial charge in [0, 0.05) is 34.7 Å². The van der Waals surface area contributed by atoms with E-state index in [-0.39, 0.29) is 12.2 Å². The molecule has 2 aromatic heterocycles. The van der Waals surface area contributed by atoms with Crippen molar-refractivity contribution in [3.63, 3.8) is 0 Å². The fourth-order valence-corrected chi connectivity index (χ4v) is 3.68. The van der Waals surface area contributed by atoms with Gasteiger partial charge in [-0.15, -0.1) is 0 Å². The third-order valence-electron chi connectivity index (χ3n) is 5.47. The van der Waals surface area contributed by atoms with Gasteiger partial charge in [-0.1, -0.05) is 19.1 Å². The summed E-state index contributed by atoms with van der Waals surface area (Å²) in [5.41, 5.74) is 6.20. The number of aryl methyl sites for hydroxylation is 2. The van der Waals surface area contributed by atoms with Crippen LogP contribution in [0.3, 0.4) is 0 Å². The van der Waals surface area contributed by atoms with Crippen LogP contribution in [0.25, 0.3) is 22.3 Å². The predicted molar refractivity (Wildman–Crippen MR) is 121 cm³/mol. The van der Waals surface area contributed by atoms with E-state index in [1.54, 1.807) is 32.4 Å².